The van der Waals surface area contributed by atoms with Crippen LogP contribution in [0.1, 0.15) is 115 Å². The number of furan rings is 1. The van der Waals surface area contributed by atoms with E-state index in [1.165, 1.54) is 44.5 Å². The van der Waals surface area contributed by atoms with Gasteiger partial charge in [-0.1, -0.05) is 137 Å². The first-order valence-electron chi connectivity index (χ1n) is 20.5. The van der Waals surface area contributed by atoms with Gasteiger partial charge in [0.05, 0.1) is 11.5 Å². The first-order valence-corrected chi connectivity index (χ1v) is 20.5. The van der Waals surface area contributed by atoms with E-state index >= 15 is 0 Å². The van der Waals surface area contributed by atoms with Crippen LogP contribution in [0.25, 0.3) is 38.6 Å². The van der Waals surface area contributed by atoms with Crippen LogP contribution in [0.15, 0.2) is 89.5 Å². The molecule has 8 heteroatoms. The van der Waals surface area contributed by atoms with Crippen LogP contribution in [-0.4, -0.2) is 51.8 Å². The van der Waals surface area contributed by atoms with Crippen molar-refractivity contribution in [3.8, 4) is 11.3 Å². The molecule has 1 unspecified atom stereocenters. The van der Waals surface area contributed by atoms with Gasteiger partial charge in [0.1, 0.15) is 11.5 Å². The smallest absolute Gasteiger partial charge is 0.671 e. The average molecular weight is 950 g/mol. The van der Waals surface area contributed by atoms with Gasteiger partial charge in [-0.15, -0.1) is 5.69 Å². The zero-order chi connectivity index (χ0) is 42.5. The third kappa shape index (κ3) is 14.2. The zero-order valence-electron chi connectivity index (χ0n) is 38.2. The van der Waals surface area contributed by atoms with Crippen LogP contribution < -0.4 is 0 Å². The van der Waals surface area contributed by atoms with E-state index in [4.69, 9.17) is 14.7 Å². The fraction of sp³-hybridized carbons (Fsp3) is 0.420. The van der Waals surface area contributed by atoms with Crippen molar-refractivity contribution in [2.24, 2.45) is 0 Å². The van der Waals surface area contributed by atoms with Crippen LogP contribution in [0.4, 0.5) is 5.69 Å². The number of fused-ring (bicyclic) bond motifs is 1. The van der Waals surface area contributed by atoms with Crippen molar-refractivity contribution in [2.75, 3.05) is 42.3 Å². The van der Waals surface area contributed by atoms with E-state index in [-0.39, 0.29) is 31.9 Å². The molecule has 0 fully saturated rings. The van der Waals surface area contributed by atoms with Gasteiger partial charge >= 0.3 is 25.8 Å². The third-order valence-electron chi connectivity index (χ3n) is 9.18. The number of benzene rings is 3. The van der Waals surface area contributed by atoms with Crippen LogP contribution >= 0.6 is 0 Å². The van der Waals surface area contributed by atoms with Gasteiger partial charge in [-0.3, -0.25) is 0 Å². The summed E-state index contributed by atoms with van der Waals surface area (Å²) in [7, 11) is 10.5. The molecule has 0 N–H and O–H groups in total. The molecule has 1 atom stereocenters. The molecule has 58 heavy (non-hydrogen) atoms. The Morgan fingerprint density at radius 1 is 0.793 bits per heavy atom. The first kappa shape index (κ1) is 52.2. The van der Waals surface area contributed by atoms with Crippen LogP contribution in [-0.2, 0) is 51.7 Å². The van der Waals surface area contributed by atoms with Crippen molar-refractivity contribution in [1.82, 2.24) is 9.55 Å². The van der Waals surface area contributed by atoms with E-state index in [1.54, 1.807) is 42.3 Å². The van der Waals surface area contributed by atoms with Crippen molar-refractivity contribution in [2.45, 2.75) is 100 Å². The molecule has 310 valence electrons. The van der Waals surface area contributed by atoms with E-state index in [0.29, 0.717) is 12.5 Å². The maximum atomic E-state index is 6.45. The summed E-state index contributed by atoms with van der Waals surface area (Å²) in [5, 5.41) is 16.3. The van der Waals surface area contributed by atoms with Gasteiger partial charge in [0.25, 0.3) is 0 Å². The van der Waals surface area contributed by atoms with Crippen LogP contribution in [0, 0.1) is 20.8 Å². The van der Waals surface area contributed by atoms with Gasteiger partial charge in [-0.2, -0.15) is 42.3 Å². The summed E-state index contributed by atoms with van der Waals surface area (Å²) in [6.07, 6.45) is 13.2. The molecule has 0 bridgehead atoms. The van der Waals surface area contributed by atoms with Gasteiger partial charge in [0, 0.05) is 30.3 Å². The monoisotopic (exact) mass is 951 g/mol. The number of aryl methyl sites for hydroxylation is 5. The molecule has 5 aromatic rings. The topological polar surface area (TPSA) is 87.4 Å². The number of hydrogen-bond donors (Lipinski definition) is 0. The van der Waals surface area contributed by atoms with Crippen LogP contribution in [0.5, 0.6) is 0 Å². The summed E-state index contributed by atoms with van der Waals surface area (Å²) in [4.78, 5) is 5.56. The first-order chi connectivity index (χ1) is 27.5. The molecule has 6 rings (SSSR count). The molecule has 0 amide bonds. The molecule has 0 saturated heterocycles. The number of nitrogens with zero attached hydrogens (tertiary/aromatic N) is 6. The molecule has 3 aromatic carbocycles. The molecule has 1 aliphatic carbocycles. The summed E-state index contributed by atoms with van der Waals surface area (Å²) in [5.74, 6) is 3.21. The number of imidazole rings is 1. The van der Waals surface area contributed by atoms with E-state index in [0.717, 1.165) is 53.6 Å². The summed E-state index contributed by atoms with van der Waals surface area (Å²) in [6.45, 7) is 20.2. The fourth-order valence-electron chi connectivity index (χ4n) is 7.03. The number of hydrogen-bond acceptors (Lipinski definition) is 2. The third-order valence-corrected chi connectivity index (χ3v) is 9.18. The summed E-state index contributed by atoms with van der Waals surface area (Å²) in [6, 6.07) is 21.6. The predicted octanol–water partition coefficient (Wildman–Crippen LogP) is 14.2. The largest absolute Gasteiger partial charge is 4.00 e. The van der Waals surface area contributed by atoms with E-state index in [2.05, 4.69) is 160 Å². The molecule has 0 spiro atoms. The van der Waals surface area contributed by atoms with Crippen LogP contribution in [0.2, 0.25) is 0 Å². The Morgan fingerprint density at radius 3 is 1.95 bits per heavy atom. The Labute approximate surface area is 371 Å². The minimum absolute atomic E-state index is 0. The Bertz CT molecular complexity index is 1940. The van der Waals surface area contributed by atoms with Crippen LogP contribution in [0.3, 0.4) is 0 Å². The van der Waals surface area contributed by atoms with Crippen molar-refractivity contribution in [3.63, 3.8) is 0 Å². The van der Waals surface area contributed by atoms with Gasteiger partial charge in [-0.05, 0) is 73.9 Å². The number of rotatable bonds is 10. The second kappa shape index (κ2) is 27.8. The Hall–Kier alpha value is -3.82. The number of para-hydroxylation sites is 1. The van der Waals surface area contributed by atoms with E-state index in [1.807, 2.05) is 13.8 Å². The van der Waals surface area contributed by atoms with Gasteiger partial charge in [0.2, 0.25) is 0 Å². The number of allylic oxidation sites excluding steroid dienone is 3. The summed E-state index contributed by atoms with van der Waals surface area (Å²) in [5.41, 5.74) is 13.1. The summed E-state index contributed by atoms with van der Waals surface area (Å²) >= 11 is 0. The standard InChI is InChI=1S/C42H46N3O.3C2H6N.C2H6.Hf/c1-8-32-19-16-21-33(27(3)4)40(32)44-41(38-29(6)23-28(5)24-30(38)7)42-43-35(26-45(42)25-31-17-12-10-13-18-31)39-34-20-14-11-15-22-37(34)46-36(39)9-2;3*1-3-2;1-2;/h10-19,21-24,26-27,41H,8-9,20,25H2,1-7H3;3*1-2H3;1-2H3;/q4*-1;;+4. The zero-order valence-corrected chi connectivity index (χ0v) is 41.8. The predicted molar refractivity (Wildman–Crippen MR) is 249 cm³/mol. The molecule has 0 radical (unpaired) electrons. The Kier molecular flexibility index (Phi) is 25.0. The normalized spacial score (nSPS) is 11.5. The minimum Gasteiger partial charge on any atom is -0.671 e. The van der Waals surface area contributed by atoms with Crippen molar-refractivity contribution >= 4 is 11.8 Å². The molecular weight excluding hydrogens is 879 g/mol. The fourth-order valence-corrected chi connectivity index (χ4v) is 7.03. The quantitative estimate of drug-likeness (QED) is 0.131. The molecule has 1 aliphatic rings. The van der Waals surface area contributed by atoms with Gasteiger partial charge < -0.3 is 30.3 Å². The van der Waals surface area contributed by atoms with E-state index < -0.39 is 0 Å². The molecule has 0 saturated carbocycles. The Morgan fingerprint density at radius 2 is 1.40 bits per heavy atom. The molecule has 2 heterocycles. The maximum Gasteiger partial charge on any atom is 4.00 e. The van der Waals surface area contributed by atoms with E-state index in [9.17, 15) is 0 Å². The molecule has 7 nitrogen and oxygen atoms in total. The minimum atomic E-state index is -0.293. The van der Waals surface area contributed by atoms with Crippen molar-refractivity contribution in [1.29, 1.82) is 0 Å². The number of aromatic nitrogens is 2. The second-order valence-electron chi connectivity index (χ2n) is 14.2. The van der Waals surface area contributed by atoms with Gasteiger partial charge in [0.15, 0.2) is 0 Å². The SMILES string of the molecule is CC.CCc1cccc(C(C)C)c1[N-]C(c1c(C)cc(C)cc1C)c1nc(-c2c(CC)oc3c2CC=CC=C3)cn1Cc1ccccc1.C[N-]C.C[N-]C.C[N-]C.[Hf+4]. The molecule has 2 aromatic heterocycles. The second-order valence-corrected chi connectivity index (χ2v) is 14.2. The molecular formula is C50H70HfN6O. The maximum absolute atomic E-state index is 6.45. The van der Waals surface area contributed by atoms with Crippen molar-refractivity contribution in [3.05, 3.63) is 168 Å². The van der Waals surface area contributed by atoms with Gasteiger partial charge in [-0.25, -0.2) is 4.98 Å². The van der Waals surface area contributed by atoms with Crippen molar-refractivity contribution < 1.29 is 30.3 Å². The Balaban J connectivity index is 0.00000127. The average Bonchev–Trinajstić information content (AvgIpc) is 3.67. The molecule has 0 aliphatic heterocycles. The summed E-state index contributed by atoms with van der Waals surface area (Å²) < 4.78 is 8.79.